The lowest BCUT2D eigenvalue weighted by molar-refractivity contribution is -0.235. The van der Waals surface area contributed by atoms with Crippen molar-refractivity contribution in [1.29, 1.82) is 0 Å². The van der Waals surface area contributed by atoms with Gasteiger partial charge < -0.3 is 25.4 Å². The number of aliphatic hydroxyl groups excluding tert-OH is 2. The summed E-state index contributed by atoms with van der Waals surface area (Å²) in [5, 5.41) is 31.6. The number of aryl methyl sites for hydroxylation is 1. The van der Waals surface area contributed by atoms with Crippen molar-refractivity contribution in [2.24, 2.45) is 0 Å². The first-order chi connectivity index (χ1) is 15.7. The second kappa shape index (κ2) is 12.9. The molecule has 9 heteroatoms. The topological polar surface area (TPSA) is 82.0 Å². The van der Waals surface area contributed by atoms with E-state index >= 15 is 0 Å². The smallest absolute Gasteiger partial charge is 0.332 e. The van der Waals surface area contributed by atoms with Crippen LogP contribution in [0.1, 0.15) is 42.1 Å². The standard InChI is InChI=1S/C24H31F4NO4/c25-23(26,24(27,28)17-33-13-4-8-18-6-2-1-3-7-18)11-5-12-29-15-22(32)19-9-10-21(31)20(14-19)16-30/h1-3,6-7,9-10,14,22,29-32H,4-5,8,11-13,15-17H2/t22-/m1/s1. The van der Waals surface area contributed by atoms with Gasteiger partial charge in [0.1, 0.15) is 12.4 Å². The van der Waals surface area contributed by atoms with Gasteiger partial charge in [-0.05, 0) is 49.1 Å². The molecule has 0 aliphatic carbocycles. The molecule has 0 fully saturated rings. The van der Waals surface area contributed by atoms with E-state index in [9.17, 15) is 27.8 Å². The summed E-state index contributed by atoms with van der Waals surface area (Å²) in [6, 6.07) is 13.6. The highest BCUT2D eigenvalue weighted by Crippen LogP contribution is 2.38. The SMILES string of the molecule is OCc1cc([C@H](O)CNCCCC(F)(F)C(F)(F)COCCCc2ccccc2)ccc1O. The Morgan fingerprint density at radius 1 is 0.970 bits per heavy atom. The van der Waals surface area contributed by atoms with Crippen LogP contribution in [0.3, 0.4) is 0 Å². The van der Waals surface area contributed by atoms with Crippen molar-refractivity contribution in [1.82, 2.24) is 5.32 Å². The van der Waals surface area contributed by atoms with Gasteiger partial charge in [-0.3, -0.25) is 0 Å². The number of aromatic hydroxyl groups is 1. The quantitative estimate of drug-likeness (QED) is 0.230. The zero-order valence-corrected chi connectivity index (χ0v) is 18.3. The van der Waals surface area contributed by atoms with Gasteiger partial charge in [0.15, 0.2) is 0 Å². The van der Waals surface area contributed by atoms with E-state index < -0.39 is 37.6 Å². The molecule has 184 valence electrons. The molecule has 2 rings (SSSR count). The zero-order chi connectivity index (χ0) is 24.3. The Balaban J connectivity index is 1.65. The van der Waals surface area contributed by atoms with Crippen molar-refractivity contribution >= 4 is 0 Å². The lowest BCUT2D eigenvalue weighted by Gasteiger charge is -2.26. The Morgan fingerprint density at radius 3 is 2.39 bits per heavy atom. The van der Waals surface area contributed by atoms with Gasteiger partial charge in [-0.25, -0.2) is 0 Å². The fourth-order valence-corrected chi connectivity index (χ4v) is 3.24. The molecular weight excluding hydrogens is 442 g/mol. The molecule has 33 heavy (non-hydrogen) atoms. The van der Waals surface area contributed by atoms with Gasteiger partial charge in [-0.1, -0.05) is 36.4 Å². The summed E-state index contributed by atoms with van der Waals surface area (Å²) < 4.78 is 60.7. The summed E-state index contributed by atoms with van der Waals surface area (Å²) in [5.41, 5.74) is 1.69. The number of rotatable bonds is 15. The van der Waals surface area contributed by atoms with Crippen LogP contribution in [0.2, 0.25) is 0 Å². The second-order valence-corrected chi connectivity index (χ2v) is 7.92. The second-order valence-electron chi connectivity index (χ2n) is 7.92. The van der Waals surface area contributed by atoms with Crippen molar-refractivity contribution in [3.63, 3.8) is 0 Å². The van der Waals surface area contributed by atoms with E-state index in [1.807, 2.05) is 30.3 Å². The van der Waals surface area contributed by atoms with Crippen molar-refractivity contribution in [2.45, 2.75) is 50.2 Å². The summed E-state index contributed by atoms with van der Waals surface area (Å²) in [6.07, 6.45) is -1.18. The maximum Gasteiger partial charge on any atom is 0.332 e. The van der Waals surface area contributed by atoms with Crippen molar-refractivity contribution < 1.29 is 37.6 Å². The van der Waals surface area contributed by atoms with Crippen LogP contribution in [-0.2, 0) is 17.8 Å². The molecule has 1 atom stereocenters. The third kappa shape index (κ3) is 8.58. The third-order valence-corrected chi connectivity index (χ3v) is 5.26. The number of phenols is 1. The summed E-state index contributed by atoms with van der Waals surface area (Å²) in [7, 11) is 0. The average Bonchev–Trinajstić information content (AvgIpc) is 2.79. The number of ether oxygens (including phenoxy) is 1. The van der Waals surface area contributed by atoms with E-state index in [2.05, 4.69) is 5.32 Å². The van der Waals surface area contributed by atoms with Gasteiger partial charge in [0.05, 0.1) is 12.7 Å². The van der Waals surface area contributed by atoms with Crippen LogP contribution in [0.4, 0.5) is 17.6 Å². The minimum atomic E-state index is -4.27. The van der Waals surface area contributed by atoms with E-state index in [0.717, 1.165) is 5.56 Å². The summed E-state index contributed by atoms with van der Waals surface area (Å²) >= 11 is 0. The largest absolute Gasteiger partial charge is 0.508 e. The number of alkyl halides is 4. The van der Waals surface area contributed by atoms with Crippen LogP contribution >= 0.6 is 0 Å². The molecule has 2 aromatic rings. The molecule has 0 aliphatic rings. The first kappa shape index (κ1) is 27.0. The fourth-order valence-electron chi connectivity index (χ4n) is 3.24. The van der Waals surface area contributed by atoms with Crippen LogP contribution in [0.15, 0.2) is 48.5 Å². The van der Waals surface area contributed by atoms with Crippen LogP contribution in [0.25, 0.3) is 0 Å². The van der Waals surface area contributed by atoms with E-state index in [0.29, 0.717) is 18.4 Å². The molecule has 0 aromatic heterocycles. The van der Waals surface area contributed by atoms with E-state index in [1.165, 1.54) is 18.2 Å². The van der Waals surface area contributed by atoms with Gasteiger partial charge in [0.25, 0.3) is 0 Å². The molecule has 0 aliphatic heterocycles. The summed E-state index contributed by atoms with van der Waals surface area (Å²) in [5.74, 6) is -8.59. The van der Waals surface area contributed by atoms with Gasteiger partial charge >= 0.3 is 11.8 Å². The normalized spacial score (nSPS) is 13.3. The first-order valence-corrected chi connectivity index (χ1v) is 10.8. The maximum absolute atomic E-state index is 14.0. The Hall–Kier alpha value is -2.20. The van der Waals surface area contributed by atoms with Crippen molar-refractivity contribution in [2.75, 3.05) is 26.3 Å². The van der Waals surface area contributed by atoms with Gasteiger partial charge in [-0.15, -0.1) is 0 Å². The minimum absolute atomic E-state index is 0.00212. The average molecular weight is 474 g/mol. The van der Waals surface area contributed by atoms with Crippen molar-refractivity contribution in [3.05, 3.63) is 65.2 Å². The molecule has 2 aromatic carbocycles. The lowest BCUT2D eigenvalue weighted by atomic mass is 10.0. The molecule has 0 heterocycles. The molecule has 0 saturated carbocycles. The van der Waals surface area contributed by atoms with Gasteiger partial charge in [-0.2, -0.15) is 17.6 Å². The van der Waals surface area contributed by atoms with Crippen LogP contribution in [0.5, 0.6) is 5.75 Å². The molecular formula is C24H31F4NO4. The summed E-state index contributed by atoms with van der Waals surface area (Å²) in [6.45, 7) is -1.77. The van der Waals surface area contributed by atoms with Gasteiger partial charge in [0.2, 0.25) is 0 Å². The molecule has 0 saturated heterocycles. The molecule has 0 amide bonds. The minimum Gasteiger partial charge on any atom is -0.508 e. The van der Waals surface area contributed by atoms with E-state index in [4.69, 9.17) is 9.84 Å². The predicted molar refractivity (Wildman–Crippen MR) is 117 cm³/mol. The number of benzene rings is 2. The van der Waals surface area contributed by atoms with Crippen LogP contribution in [-0.4, -0.2) is 53.5 Å². The first-order valence-electron chi connectivity index (χ1n) is 10.8. The van der Waals surface area contributed by atoms with Gasteiger partial charge in [0, 0.05) is 25.1 Å². The Morgan fingerprint density at radius 2 is 1.70 bits per heavy atom. The number of nitrogens with one attached hydrogen (secondary N) is 1. The number of aliphatic hydroxyl groups is 2. The molecule has 5 nitrogen and oxygen atoms in total. The maximum atomic E-state index is 14.0. The number of hydrogen-bond donors (Lipinski definition) is 4. The molecule has 0 spiro atoms. The third-order valence-electron chi connectivity index (χ3n) is 5.26. The molecule has 0 unspecified atom stereocenters. The Labute approximate surface area is 191 Å². The number of halogens is 4. The molecule has 4 N–H and O–H groups in total. The van der Waals surface area contributed by atoms with E-state index in [1.54, 1.807) is 0 Å². The van der Waals surface area contributed by atoms with E-state index in [-0.39, 0.29) is 37.4 Å². The molecule has 0 radical (unpaired) electrons. The Kier molecular flexibility index (Phi) is 10.6. The lowest BCUT2D eigenvalue weighted by Crippen LogP contribution is -2.44. The number of hydrogen-bond acceptors (Lipinski definition) is 5. The highest BCUT2D eigenvalue weighted by Gasteiger charge is 2.55. The zero-order valence-electron chi connectivity index (χ0n) is 18.3. The van der Waals surface area contributed by atoms with Crippen LogP contribution in [0, 0.1) is 0 Å². The molecule has 0 bridgehead atoms. The predicted octanol–water partition coefficient (Wildman–Crippen LogP) is 4.21. The summed E-state index contributed by atoms with van der Waals surface area (Å²) in [4.78, 5) is 0. The highest BCUT2D eigenvalue weighted by atomic mass is 19.3. The van der Waals surface area contributed by atoms with Crippen LogP contribution < -0.4 is 5.32 Å². The Bertz CT molecular complexity index is 836. The fraction of sp³-hybridized carbons (Fsp3) is 0.500. The highest BCUT2D eigenvalue weighted by molar-refractivity contribution is 5.36. The van der Waals surface area contributed by atoms with Crippen molar-refractivity contribution in [3.8, 4) is 5.75 Å². The monoisotopic (exact) mass is 473 g/mol.